The molecule has 2 amide bonds. The molecule has 0 saturated heterocycles. The first-order valence-corrected chi connectivity index (χ1v) is 8.10. The Labute approximate surface area is 136 Å². The van der Waals surface area contributed by atoms with Crippen molar-refractivity contribution in [3.05, 3.63) is 58.6 Å². The molecule has 4 rings (SSSR count). The van der Waals surface area contributed by atoms with E-state index in [1.165, 1.54) is 11.3 Å². The number of nitrogens with zero attached hydrogens (tertiary/aromatic N) is 1. The molecule has 0 radical (unpaired) electrons. The van der Waals surface area contributed by atoms with Gasteiger partial charge >= 0.3 is 0 Å². The molecule has 0 atom stereocenters. The van der Waals surface area contributed by atoms with Crippen LogP contribution in [0.4, 0.5) is 5.69 Å². The molecule has 114 valence electrons. The first kappa shape index (κ1) is 13.9. The molecule has 0 aliphatic carbocycles. The molecule has 0 spiro atoms. The standard InChI is InChI=1S/C17H13N3O2S/c21-15-12-9-11(6-5-10(12)7-8-18-15)19-16(22)17-20-13-3-1-2-4-14(13)23-17/h1-6,9H,7-8H2,(H,18,21)(H,19,22). The average Bonchev–Trinajstić information content (AvgIpc) is 3.00. The van der Waals surface area contributed by atoms with E-state index in [-0.39, 0.29) is 11.8 Å². The van der Waals surface area contributed by atoms with E-state index in [2.05, 4.69) is 15.6 Å². The van der Waals surface area contributed by atoms with Crippen LogP contribution < -0.4 is 10.6 Å². The van der Waals surface area contributed by atoms with E-state index in [1.54, 1.807) is 6.07 Å². The maximum atomic E-state index is 12.4. The Bertz CT molecular complexity index is 899. The molecule has 2 heterocycles. The zero-order valence-corrected chi connectivity index (χ0v) is 12.9. The summed E-state index contributed by atoms with van der Waals surface area (Å²) in [5.74, 6) is -0.357. The summed E-state index contributed by atoms with van der Waals surface area (Å²) in [6, 6.07) is 13.1. The van der Waals surface area contributed by atoms with Gasteiger partial charge in [0.25, 0.3) is 11.8 Å². The molecular weight excluding hydrogens is 310 g/mol. The number of rotatable bonds is 2. The number of nitrogens with one attached hydrogen (secondary N) is 2. The minimum Gasteiger partial charge on any atom is -0.352 e. The number of amides is 2. The molecule has 0 saturated carbocycles. The predicted octanol–water partition coefficient (Wildman–Crippen LogP) is 2.83. The molecule has 2 aromatic carbocycles. The smallest absolute Gasteiger partial charge is 0.284 e. The average molecular weight is 323 g/mol. The number of carbonyl (C=O) groups is 2. The van der Waals surface area contributed by atoms with Gasteiger partial charge < -0.3 is 10.6 Å². The van der Waals surface area contributed by atoms with Crippen LogP contribution in [-0.2, 0) is 6.42 Å². The van der Waals surface area contributed by atoms with Gasteiger partial charge in [-0.15, -0.1) is 11.3 Å². The van der Waals surface area contributed by atoms with Gasteiger partial charge in [-0.05, 0) is 36.2 Å². The van der Waals surface area contributed by atoms with Gasteiger partial charge in [0.15, 0.2) is 5.01 Å². The zero-order valence-electron chi connectivity index (χ0n) is 12.1. The number of hydrogen-bond donors (Lipinski definition) is 2. The first-order valence-electron chi connectivity index (χ1n) is 7.29. The molecule has 5 nitrogen and oxygen atoms in total. The Morgan fingerprint density at radius 3 is 2.96 bits per heavy atom. The number of carbonyl (C=O) groups excluding carboxylic acids is 2. The summed E-state index contributed by atoms with van der Waals surface area (Å²) < 4.78 is 0.975. The van der Waals surface area contributed by atoms with Gasteiger partial charge in [-0.3, -0.25) is 9.59 Å². The second-order valence-corrected chi connectivity index (χ2v) is 6.35. The third-order valence-electron chi connectivity index (χ3n) is 3.78. The lowest BCUT2D eigenvalue weighted by molar-refractivity contribution is 0.0944. The third kappa shape index (κ3) is 2.57. The molecule has 0 fully saturated rings. The predicted molar refractivity (Wildman–Crippen MR) is 90.1 cm³/mol. The minimum atomic E-state index is -0.262. The van der Waals surface area contributed by atoms with Crippen molar-refractivity contribution in [2.24, 2.45) is 0 Å². The van der Waals surface area contributed by atoms with Crippen LogP contribution in [0.3, 0.4) is 0 Å². The van der Waals surface area contributed by atoms with Gasteiger partial charge in [-0.2, -0.15) is 0 Å². The SMILES string of the molecule is O=C(Nc1ccc2c(c1)C(=O)NCC2)c1nc2ccccc2s1. The summed E-state index contributed by atoms with van der Waals surface area (Å²) in [6.45, 7) is 0.656. The van der Waals surface area contributed by atoms with Gasteiger partial charge in [0.05, 0.1) is 10.2 Å². The van der Waals surface area contributed by atoms with Gasteiger partial charge in [-0.1, -0.05) is 18.2 Å². The fourth-order valence-electron chi connectivity index (χ4n) is 2.64. The van der Waals surface area contributed by atoms with Gasteiger partial charge in [0, 0.05) is 17.8 Å². The second-order valence-electron chi connectivity index (χ2n) is 5.32. The van der Waals surface area contributed by atoms with E-state index in [1.807, 2.05) is 36.4 Å². The highest BCUT2D eigenvalue weighted by Crippen LogP contribution is 2.23. The van der Waals surface area contributed by atoms with E-state index < -0.39 is 0 Å². The number of hydrogen-bond acceptors (Lipinski definition) is 4. The molecule has 0 bridgehead atoms. The lowest BCUT2D eigenvalue weighted by Crippen LogP contribution is -2.31. The molecule has 6 heteroatoms. The number of aromatic nitrogens is 1. The highest BCUT2D eigenvalue weighted by molar-refractivity contribution is 7.20. The number of anilines is 1. The van der Waals surface area contributed by atoms with E-state index in [0.717, 1.165) is 22.2 Å². The topological polar surface area (TPSA) is 71.1 Å². The van der Waals surface area contributed by atoms with Gasteiger partial charge in [0.1, 0.15) is 0 Å². The highest BCUT2D eigenvalue weighted by atomic mass is 32.1. The number of para-hydroxylation sites is 1. The molecule has 1 aliphatic heterocycles. The monoisotopic (exact) mass is 323 g/mol. The van der Waals surface area contributed by atoms with Crippen molar-refractivity contribution in [3.63, 3.8) is 0 Å². The third-order valence-corrected chi connectivity index (χ3v) is 4.82. The van der Waals surface area contributed by atoms with Crippen LogP contribution in [0.15, 0.2) is 42.5 Å². The van der Waals surface area contributed by atoms with Crippen molar-refractivity contribution >= 4 is 39.1 Å². The fraction of sp³-hybridized carbons (Fsp3) is 0.118. The van der Waals surface area contributed by atoms with Crippen molar-refractivity contribution in [2.45, 2.75) is 6.42 Å². The quantitative estimate of drug-likeness (QED) is 0.762. The Morgan fingerprint density at radius 1 is 1.22 bits per heavy atom. The van der Waals surface area contributed by atoms with Gasteiger partial charge in [-0.25, -0.2) is 4.98 Å². The van der Waals surface area contributed by atoms with Crippen LogP contribution in [-0.4, -0.2) is 23.3 Å². The highest BCUT2D eigenvalue weighted by Gasteiger charge is 2.18. The Hall–Kier alpha value is -2.73. The minimum absolute atomic E-state index is 0.0951. The Morgan fingerprint density at radius 2 is 2.09 bits per heavy atom. The van der Waals surface area contributed by atoms with Crippen LogP contribution in [0.2, 0.25) is 0 Å². The van der Waals surface area contributed by atoms with Crippen molar-refractivity contribution in [1.29, 1.82) is 0 Å². The van der Waals surface area contributed by atoms with Gasteiger partial charge in [0.2, 0.25) is 0 Å². The zero-order chi connectivity index (χ0) is 15.8. The van der Waals surface area contributed by atoms with Crippen LogP contribution in [0.1, 0.15) is 25.7 Å². The lowest BCUT2D eigenvalue weighted by atomic mass is 10.00. The van der Waals surface area contributed by atoms with Crippen LogP contribution >= 0.6 is 11.3 Å². The van der Waals surface area contributed by atoms with Crippen LogP contribution in [0, 0.1) is 0 Å². The molecule has 0 unspecified atom stereocenters. The summed E-state index contributed by atoms with van der Waals surface area (Å²) in [4.78, 5) is 28.6. The summed E-state index contributed by atoms with van der Waals surface area (Å²) in [7, 11) is 0. The normalized spacial score (nSPS) is 13.5. The van der Waals surface area contributed by atoms with Crippen molar-refractivity contribution < 1.29 is 9.59 Å². The summed E-state index contributed by atoms with van der Waals surface area (Å²) in [5.41, 5.74) is 3.04. The Balaban J connectivity index is 1.61. The van der Waals surface area contributed by atoms with Crippen molar-refractivity contribution in [3.8, 4) is 0 Å². The molecule has 1 aliphatic rings. The van der Waals surface area contributed by atoms with E-state index >= 15 is 0 Å². The molecule has 2 N–H and O–H groups in total. The number of thiazole rings is 1. The van der Waals surface area contributed by atoms with E-state index in [9.17, 15) is 9.59 Å². The van der Waals surface area contributed by atoms with E-state index in [0.29, 0.717) is 22.8 Å². The second kappa shape index (κ2) is 5.48. The summed E-state index contributed by atoms with van der Waals surface area (Å²) >= 11 is 1.35. The number of fused-ring (bicyclic) bond motifs is 2. The lowest BCUT2D eigenvalue weighted by Gasteiger charge is -2.17. The molecule has 3 aromatic rings. The molecule has 23 heavy (non-hydrogen) atoms. The fourth-order valence-corrected chi connectivity index (χ4v) is 3.50. The Kier molecular flexibility index (Phi) is 3.31. The number of benzene rings is 2. The summed E-state index contributed by atoms with van der Waals surface area (Å²) in [6.07, 6.45) is 0.813. The molecular formula is C17H13N3O2S. The largest absolute Gasteiger partial charge is 0.352 e. The van der Waals surface area contributed by atoms with Crippen molar-refractivity contribution in [1.82, 2.24) is 10.3 Å². The summed E-state index contributed by atoms with van der Waals surface area (Å²) in [5, 5.41) is 6.04. The van der Waals surface area contributed by atoms with Crippen LogP contribution in [0.5, 0.6) is 0 Å². The van der Waals surface area contributed by atoms with E-state index in [4.69, 9.17) is 0 Å². The molecule has 1 aromatic heterocycles. The van der Waals surface area contributed by atoms with Crippen LogP contribution in [0.25, 0.3) is 10.2 Å². The van der Waals surface area contributed by atoms with Crippen molar-refractivity contribution in [2.75, 3.05) is 11.9 Å². The maximum absolute atomic E-state index is 12.4. The first-order chi connectivity index (χ1) is 11.2. The maximum Gasteiger partial charge on any atom is 0.284 e.